The molecule has 1 aromatic heterocycles. The minimum atomic E-state index is 0.140. The van der Waals surface area contributed by atoms with Gasteiger partial charge in [0.05, 0.1) is 0 Å². The predicted octanol–water partition coefficient (Wildman–Crippen LogP) is 3.68. The minimum absolute atomic E-state index is 0.140. The fraction of sp³-hybridized carbons (Fsp3) is 0.615. The van der Waals surface area contributed by atoms with E-state index < -0.39 is 0 Å². The molecular formula is C13H21N. The Morgan fingerprint density at radius 1 is 0.929 bits per heavy atom. The molecule has 0 aliphatic carbocycles. The zero-order chi connectivity index (χ0) is 11.0. The number of pyridine rings is 1. The molecule has 0 unspecified atom stereocenters. The van der Waals surface area contributed by atoms with Crippen molar-refractivity contribution in [2.45, 2.75) is 52.4 Å². The first-order valence-electron chi connectivity index (χ1n) is 5.18. The van der Waals surface area contributed by atoms with Crippen LogP contribution in [0.2, 0.25) is 0 Å². The Hall–Kier alpha value is -0.850. The van der Waals surface area contributed by atoms with E-state index in [0.29, 0.717) is 0 Å². The maximum atomic E-state index is 4.42. The van der Waals surface area contributed by atoms with Gasteiger partial charge in [0.15, 0.2) is 0 Å². The summed E-state index contributed by atoms with van der Waals surface area (Å²) in [4.78, 5) is 4.42. The van der Waals surface area contributed by atoms with Gasteiger partial charge in [0, 0.05) is 17.3 Å². The summed E-state index contributed by atoms with van der Waals surface area (Å²) >= 11 is 0. The molecule has 14 heavy (non-hydrogen) atoms. The monoisotopic (exact) mass is 191 g/mol. The van der Waals surface area contributed by atoms with E-state index in [4.69, 9.17) is 0 Å². The van der Waals surface area contributed by atoms with E-state index in [2.05, 4.69) is 58.7 Å². The van der Waals surface area contributed by atoms with Crippen LogP contribution in [-0.2, 0) is 10.8 Å². The molecule has 0 spiro atoms. The van der Waals surface area contributed by atoms with Gasteiger partial charge in [0.2, 0.25) is 0 Å². The number of rotatable bonds is 0. The van der Waals surface area contributed by atoms with Crippen molar-refractivity contribution in [3.8, 4) is 0 Å². The molecule has 0 atom stereocenters. The second-order valence-corrected chi connectivity index (χ2v) is 5.93. The zero-order valence-electron chi connectivity index (χ0n) is 10.2. The van der Waals surface area contributed by atoms with Crippen LogP contribution in [0.25, 0.3) is 0 Å². The highest BCUT2D eigenvalue weighted by atomic mass is 14.7. The van der Waals surface area contributed by atoms with Gasteiger partial charge in [-0.1, -0.05) is 41.5 Å². The minimum Gasteiger partial charge on any atom is -0.261 e. The molecule has 1 rings (SSSR count). The van der Waals surface area contributed by atoms with E-state index in [-0.39, 0.29) is 10.8 Å². The lowest BCUT2D eigenvalue weighted by molar-refractivity contribution is 0.552. The zero-order valence-corrected chi connectivity index (χ0v) is 10.2. The first kappa shape index (κ1) is 11.2. The number of nitrogens with zero attached hydrogens (tertiary/aromatic N) is 1. The summed E-state index contributed by atoms with van der Waals surface area (Å²) in [7, 11) is 0. The van der Waals surface area contributed by atoms with Crippen molar-refractivity contribution in [1.82, 2.24) is 4.98 Å². The Morgan fingerprint density at radius 2 is 1.50 bits per heavy atom. The van der Waals surface area contributed by atoms with Gasteiger partial charge in [-0.3, -0.25) is 4.98 Å². The second-order valence-electron chi connectivity index (χ2n) is 5.93. The number of hydrogen-bond acceptors (Lipinski definition) is 1. The van der Waals surface area contributed by atoms with E-state index in [1.54, 1.807) is 0 Å². The summed E-state index contributed by atoms with van der Waals surface area (Å²) in [6.07, 6.45) is 1.92. The van der Waals surface area contributed by atoms with E-state index >= 15 is 0 Å². The Kier molecular flexibility index (Phi) is 2.71. The molecule has 1 aromatic rings. The molecule has 0 fully saturated rings. The van der Waals surface area contributed by atoms with E-state index in [1.165, 1.54) is 11.3 Å². The Morgan fingerprint density at radius 3 is 1.93 bits per heavy atom. The SMILES string of the molecule is CC(C)(C)c1ccnc(C(C)(C)C)c1. The molecule has 0 bridgehead atoms. The summed E-state index contributed by atoms with van der Waals surface area (Å²) in [5.41, 5.74) is 2.88. The summed E-state index contributed by atoms with van der Waals surface area (Å²) in [5.74, 6) is 0. The van der Waals surface area contributed by atoms with Gasteiger partial charge < -0.3 is 0 Å². The summed E-state index contributed by atoms with van der Waals surface area (Å²) in [6, 6.07) is 4.33. The maximum Gasteiger partial charge on any atom is 0.0459 e. The van der Waals surface area contributed by atoms with Crippen LogP contribution in [0.3, 0.4) is 0 Å². The number of hydrogen-bond donors (Lipinski definition) is 0. The fourth-order valence-corrected chi connectivity index (χ4v) is 1.31. The van der Waals surface area contributed by atoms with Crippen LogP contribution in [0, 0.1) is 0 Å². The van der Waals surface area contributed by atoms with Gasteiger partial charge in [0.25, 0.3) is 0 Å². The van der Waals surface area contributed by atoms with Gasteiger partial charge in [-0.15, -0.1) is 0 Å². The van der Waals surface area contributed by atoms with Gasteiger partial charge in [0.1, 0.15) is 0 Å². The first-order valence-corrected chi connectivity index (χ1v) is 5.18. The van der Waals surface area contributed by atoms with Gasteiger partial charge >= 0.3 is 0 Å². The third kappa shape index (κ3) is 2.57. The molecule has 1 nitrogen and oxygen atoms in total. The van der Waals surface area contributed by atoms with Crippen LogP contribution >= 0.6 is 0 Å². The molecule has 0 aromatic carbocycles. The highest BCUT2D eigenvalue weighted by Crippen LogP contribution is 2.26. The van der Waals surface area contributed by atoms with E-state index in [9.17, 15) is 0 Å². The maximum absolute atomic E-state index is 4.42. The van der Waals surface area contributed by atoms with Crippen molar-refractivity contribution in [1.29, 1.82) is 0 Å². The Bertz CT molecular complexity index is 283. The standard InChI is InChI=1S/C13H21N/c1-12(2,3)10-7-8-14-11(9-10)13(4,5)6/h7-9H,1-6H3. The summed E-state index contributed by atoms with van der Waals surface area (Å²) in [5, 5.41) is 0. The van der Waals surface area contributed by atoms with Gasteiger partial charge in [-0.25, -0.2) is 0 Å². The summed E-state index contributed by atoms with van der Waals surface area (Å²) in [6.45, 7) is 13.3. The molecule has 0 amide bonds. The van der Waals surface area contributed by atoms with Crippen LogP contribution in [0.5, 0.6) is 0 Å². The largest absolute Gasteiger partial charge is 0.261 e. The van der Waals surface area contributed by atoms with Crippen LogP contribution in [0.4, 0.5) is 0 Å². The van der Waals surface area contributed by atoms with Crippen molar-refractivity contribution in [3.05, 3.63) is 29.6 Å². The average molecular weight is 191 g/mol. The van der Waals surface area contributed by atoms with Crippen molar-refractivity contribution < 1.29 is 0 Å². The van der Waals surface area contributed by atoms with Crippen LogP contribution < -0.4 is 0 Å². The molecule has 0 N–H and O–H groups in total. The van der Waals surface area contributed by atoms with Crippen molar-refractivity contribution >= 4 is 0 Å². The predicted molar refractivity (Wildman–Crippen MR) is 61.6 cm³/mol. The Labute approximate surface area is 87.6 Å². The molecule has 0 aliphatic rings. The molecule has 0 radical (unpaired) electrons. The summed E-state index contributed by atoms with van der Waals surface area (Å²) < 4.78 is 0. The fourth-order valence-electron chi connectivity index (χ4n) is 1.31. The molecular weight excluding hydrogens is 170 g/mol. The van der Waals surface area contributed by atoms with Crippen LogP contribution in [0.1, 0.15) is 52.8 Å². The van der Waals surface area contributed by atoms with Crippen LogP contribution in [0.15, 0.2) is 18.3 Å². The average Bonchev–Trinajstić information content (AvgIpc) is 2.01. The molecule has 0 saturated heterocycles. The third-order valence-corrected chi connectivity index (χ3v) is 2.39. The molecule has 78 valence electrons. The lowest BCUT2D eigenvalue weighted by atomic mass is 9.84. The van der Waals surface area contributed by atoms with Crippen LogP contribution in [-0.4, -0.2) is 4.98 Å². The van der Waals surface area contributed by atoms with Crippen molar-refractivity contribution in [3.63, 3.8) is 0 Å². The van der Waals surface area contributed by atoms with Crippen molar-refractivity contribution in [2.24, 2.45) is 0 Å². The smallest absolute Gasteiger partial charge is 0.0459 e. The topological polar surface area (TPSA) is 12.9 Å². The molecule has 1 heterocycles. The first-order chi connectivity index (χ1) is 6.21. The highest BCUT2D eigenvalue weighted by Gasteiger charge is 2.19. The van der Waals surface area contributed by atoms with E-state index in [0.717, 1.165) is 0 Å². The Balaban J connectivity index is 3.15. The molecule has 1 heteroatoms. The highest BCUT2D eigenvalue weighted by molar-refractivity contribution is 5.26. The lowest BCUT2D eigenvalue weighted by Gasteiger charge is -2.23. The number of aromatic nitrogens is 1. The van der Waals surface area contributed by atoms with Gasteiger partial charge in [-0.2, -0.15) is 0 Å². The van der Waals surface area contributed by atoms with E-state index in [1.807, 2.05) is 6.20 Å². The second kappa shape index (κ2) is 3.38. The quantitative estimate of drug-likeness (QED) is 0.609. The molecule has 0 aliphatic heterocycles. The normalized spacial score (nSPS) is 13.0. The van der Waals surface area contributed by atoms with Gasteiger partial charge in [-0.05, 0) is 23.1 Å². The third-order valence-electron chi connectivity index (χ3n) is 2.39. The lowest BCUT2D eigenvalue weighted by Crippen LogP contribution is -2.17. The molecule has 0 saturated carbocycles. The van der Waals surface area contributed by atoms with Crippen molar-refractivity contribution in [2.75, 3.05) is 0 Å².